The Morgan fingerprint density at radius 3 is 2.90 bits per heavy atom. The van der Waals surface area contributed by atoms with Crippen LogP contribution in [-0.4, -0.2) is 36.2 Å². The smallest absolute Gasteiger partial charge is 0.328 e. The molecule has 1 aromatic rings. The molecule has 1 heterocycles. The van der Waals surface area contributed by atoms with E-state index in [-0.39, 0.29) is 11.9 Å². The van der Waals surface area contributed by atoms with Crippen LogP contribution in [0.15, 0.2) is 30.3 Å². The summed E-state index contributed by atoms with van der Waals surface area (Å²) >= 11 is 0. The zero-order chi connectivity index (χ0) is 15.5. The van der Waals surface area contributed by atoms with E-state index >= 15 is 0 Å². The molecule has 0 aliphatic carbocycles. The van der Waals surface area contributed by atoms with E-state index in [0.717, 1.165) is 6.08 Å². The highest BCUT2D eigenvalue weighted by atomic mass is 16.5. The molecule has 1 aromatic carbocycles. The van der Waals surface area contributed by atoms with Crippen LogP contribution in [0.5, 0.6) is 0 Å². The molecule has 2 atom stereocenters. The van der Waals surface area contributed by atoms with Crippen molar-refractivity contribution < 1.29 is 19.4 Å². The second kappa shape index (κ2) is 6.07. The zero-order valence-corrected chi connectivity index (χ0v) is 11.7. The Bertz CT molecular complexity index is 585. The van der Waals surface area contributed by atoms with Crippen LogP contribution in [0.3, 0.4) is 0 Å². The van der Waals surface area contributed by atoms with Gasteiger partial charge in [0.1, 0.15) is 0 Å². The second-order valence-electron chi connectivity index (χ2n) is 5.29. The highest BCUT2D eigenvalue weighted by Crippen LogP contribution is 2.28. The van der Waals surface area contributed by atoms with Gasteiger partial charge in [-0.1, -0.05) is 12.1 Å². The lowest BCUT2D eigenvalue weighted by atomic mass is 9.85. The van der Waals surface area contributed by atoms with Gasteiger partial charge in [-0.25, -0.2) is 4.79 Å². The average Bonchev–Trinajstić information content (AvgIpc) is 2.78. The Labute approximate surface area is 122 Å². The van der Waals surface area contributed by atoms with Gasteiger partial charge in [0, 0.05) is 17.8 Å². The summed E-state index contributed by atoms with van der Waals surface area (Å²) in [7, 11) is 0. The van der Waals surface area contributed by atoms with Crippen LogP contribution in [-0.2, 0) is 14.3 Å². The molecule has 2 rings (SSSR count). The number of carboxylic acids is 1. The van der Waals surface area contributed by atoms with E-state index < -0.39 is 11.4 Å². The SMILES string of the molecule is CC1(C(=O)Nc2cccc(/C=C/C(=O)O)c2)COCC1N. The van der Waals surface area contributed by atoms with Gasteiger partial charge in [-0.2, -0.15) is 0 Å². The summed E-state index contributed by atoms with van der Waals surface area (Å²) in [5.41, 5.74) is 6.44. The van der Waals surface area contributed by atoms with Crippen LogP contribution in [0.25, 0.3) is 6.08 Å². The van der Waals surface area contributed by atoms with Crippen molar-refractivity contribution in [1.82, 2.24) is 0 Å². The molecule has 0 saturated carbocycles. The fraction of sp³-hybridized carbons (Fsp3) is 0.333. The standard InChI is InChI=1S/C15H18N2O4/c1-15(9-21-8-12(15)16)14(20)17-11-4-2-3-10(7-11)5-6-13(18)19/h2-7,12H,8-9,16H2,1H3,(H,17,20)(H,18,19)/b6-5+. The monoisotopic (exact) mass is 290 g/mol. The Hall–Kier alpha value is -2.18. The summed E-state index contributed by atoms with van der Waals surface area (Å²) in [4.78, 5) is 22.8. The minimum atomic E-state index is -1.02. The van der Waals surface area contributed by atoms with Gasteiger partial charge in [0.2, 0.25) is 5.91 Å². The normalized spacial score (nSPS) is 25.1. The van der Waals surface area contributed by atoms with E-state index in [2.05, 4.69) is 5.32 Å². The molecule has 21 heavy (non-hydrogen) atoms. The summed E-state index contributed by atoms with van der Waals surface area (Å²) in [5.74, 6) is -1.22. The van der Waals surface area contributed by atoms with Gasteiger partial charge in [0.05, 0.1) is 18.6 Å². The van der Waals surface area contributed by atoms with Gasteiger partial charge in [-0.15, -0.1) is 0 Å². The number of aliphatic carboxylic acids is 1. The third kappa shape index (κ3) is 3.48. The van der Waals surface area contributed by atoms with Crippen molar-refractivity contribution in [3.8, 4) is 0 Å². The largest absolute Gasteiger partial charge is 0.478 e. The van der Waals surface area contributed by atoms with Crippen LogP contribution in [0.2, 0.25) is 0 Å². The molecule has 2 unspecified atom stereocenters. The van der Waals surface area contributed by atoms with Crippen LogP contribution in [0, 0.1) is 5.41 Å². The van der Waals surface area contributed by atoms with Crippen LogP contribution < -0.4 is 11.1 Å². The third-order valence-electron chi connectivity index (χ3n) is 3.60. The van der Waals surface area contributed by atoms with Crippen molar-refractivity contribution in [1.29, 1.82) is 0 Å². The summed E-state index contributed by atoms with van der Waals surface area (Å²) in [6.45, 7) is 2.43. The van der Waals surface area contributed by atoms with Crippen molar-refractivity contribution in [3.63, 3.8) is 0 Å². The number of rotatable bonds is 4. The first-order chi connectivity index (χ1) is 9.91. The fourth-order valence-corrected chi connectivity index (χ4v) is 2.08. The molecule has 1 aliphatic heterocycles. The highest BCUT2D eigenvalue weighted by Gasteiger charge is 2.44. The average molecular weight is 290 g/mol. The number of hydrogen-bond acceptors (Lipinski definition) is 4. The number of amides is 1. The number of carbonyl (C=O) groups is 2. The van der Waals surface area contributed by atoms with Gasteiger partial charge >= 0.3 is 5.97 Å². The maximum atomic E-state index is 12.3. The first-order valence-corrected chi connectivity index (χ1v) is 6.58. The Balaban J connectivity index is 2.11. The molecule has 0 radical (unpaired) electrons. The van der Waals surface area contributed by atoms with Gasteiger partial charge in [0.25, 0.3) is 0 Å². The van der Waals surface area contributed by atoms with Crippen molar-refractivity contribution in [2.45, 2.75) is 13.0 Å². The lowest BCUT2D eigenvalue weighted by Crippen LogP contribution is -2.47. The summed E-state index contributed by atoms with van der Waals surface area (Å²) in [6, 6.07) is 6.58. The number of nitrogens with one attached hydrogen (secondary N) is 1. The molecule has 0 spiro atoms. The van der Waals surface area contributed by atoms with E-state index in [1.807, 2.05) is 0 Å². The first-order valence-electron chi connectivity index (χ1n) is 6.58. The first kappa shape index (κ1) is 15.2. The summed E-state index contributed by atoms with van der Waals surface area (Å²) in [6.07, 6.45) is 2.51. The molecule has 6 nitrogen and oxygen atoms in total. The molecule has 1 amide bonds. The van der Waals surface area contributed by atoms with E-state index in [1.54, 1.807) is 31.2 Å². The van der Waals surface area contributed by atoms with E-state index in [4.69, 9.17) is 15.6 Å². The molecule has 112 valence electrons. The predicted molar refractivity (Wildman–Crippen MR) is 78.6 cm³/mol. The summed E-state index contributed by atoms with van der Waals surface area (Å²) in [5, 5.41) is 11.4. The highest BCUT2D eigenvalue weighted by molar-refractivity contribution is 5.96. The van der Waals surface area contributed by atoms with Gasteiger partial charge in [-0.05, 0) is 30.7 Å². The minimum absolute atomic E-state index is 0.202. The predicted octanol–water partition coefficient (Wildman–Crippen LogP) is 1.09. The fourth-order valence-electron chi connectivity index (χ4n) is 2.08. The number of benzene rings is 1. The second-order valence-corrected chi connectivity index (χ2v) is 5.29. The van der Waals surface area contributed by atoms with E-state index in [1.165, 1.54) is 6.08 Å². The van der Waals surface area contributed by atoms with Crippen LogP contribution in [0.1, 0.15) is 12.5 Å². The quantitative estimate of drug-likeness (QED) is 0.720. The number of carbonyl (C=O) groups excluding carboxylic acids is 1. The molecular weight excluding hydrogens is 272 g/mol. The zero-order valence-electron chi connectivity index (χ0n) is 11.7. The molecular formula is C15H18N2O4. The maximum Gasteiger partial charge on any atom is 0.328 e. The molecule has 0 bridgehead atoms. The topological polar surface area (TPSA) is 102 Å². The Morgan fingerprint density at radius 1 is 1.52 bits per heavy atom. The van der Waals surface area contributed by atoms with Gasteiger partial charge in [-0.3, -0.25) is 4.79 Å². The van der Waals surface area contributed by atoms with Gasteiger partial charge < -0.3 is 20.9 Å². The summed E-state index contributed by atoms with van der Waals surface area (Å²) < 4.78 is 5.26. The van der Waals surface area contributed by atoms with Crippen molar-refractivity contribution >= 4 is 23.6 Å². The number of hydrogen-bond donors (Lipinski definition) is 3. The number of anilines is 1. The Morgan fingerprint density at radius 2 is 2.29 bits per heavy atom. The minimum Gasteiger partial charge on any atom is -0.478 e. The van der Waals surface area contributed by atoms with Crippen molar-refractivity contribution in [3.05, 3.63) is 35.9 Å². The molecule has 1 aliphatic rings. The lowest BCUT2D eigenvalue weighted by molar-refractivity contribution is -0.131. The van der Waals surface area contributed by atoms with Crippen LogP contribution >= 0.6 is 0 Å². The third-order valence-corrected chi connectivity index (χ3v) is 3.60. The molecule has 4 N–H and O–H groups in total. The van der Waals surface area contributed by atoms with E-state index in [0.29, 0.717) is 24.5 Å². The number of carboxylic acid groups (broad SMARTS) is 1. The molecule has 1 fully saturated rings. The maximum absolute atomic E-state index is 12.3. The van der Waals surface area contributed by atoms with Crippen molar-refractivity contribution in [2.75, 3.05) is 18.5 Å². The number of ether oxygens (including phenoxy) is 1. The van der Waals surface area contributed by atoms with Crippen molar-refractivity contribution in [2.24, 2.45) is 11.1 Å². The lowest BCUT2D eigenvalue weighted by Gasteiger charge is -2.25. The molecule has 6 heteroatoms. The number of nitrogens with two attached hydrogens (primary N) is 1. The van der Waals surface area contributed by atoms with E-state index in [9.17, 15) is 9.59 Å². The molecule has 1 saturated heterocycles. The van der Waals surface area contributed by atoms with Gasteiger partial charge in [0.15, 0.2) is 0 Å². The Kier molecular flexibility index (Phi) is 4.40. The molecule has 0 aromatic heterocycles. The van der Waals surface area contributed by atoms with Crippen LogP contribution in [0.4, 0.5) is 5.69 Å².